The Morgan fingerprint density at radius 3 is 2.58 bits per heavy atom. The molecule has 2 amide bonds. The van der Waals surface area contributed by atoms with E-state index in [9.17, 15) is 30.0 Å². The van der Waals surface area contributed by atoms with Crippen LogP contribution in [-0.2, 0) is 14.3 Å². The van der Waals surface area contributed by atoms with Crippen molar-refractivity contribution < 1.29 is 34.8 Å². The molecule has 6 atom stereocenters. The number of imidazole rings is 1. The highest BCUT2D eigenvalue weighted by Gasteiger charge is 2.48. The third-order valence-corrected chi connectivity index (χ3v) is 6.02. The van der Waals surface area contributed by atoms with Gasteiger partial charge in [0.25, 0.3) is 0 Å². The molecule has 1 aliphatic rings. The maximum Gasteiger partial charge on any atom is 0.239 e. The standard InChI is InChI=1S/C22H35N7O7/c1-10(2)5-22(3,4)21(35)23-6-12(32)28-13-15(33)16(34)20(36-17(13)11(31)7-30)29-19-14-18(25-8-24-14)26-9-27-19/h8-11,13,15-17,20,30-31,33-34H,5-7H2,1-4H3,(H,23,35)(H,28,32)(H2,24,25,26,27,29). The Labute approximate surface area is 207 Å². The topological polar surface area (TPSA) is 215 Å². The number of fused-ring (bicyclic) bond motifs is 1. The maximum atomic E-state index is 12.6. The van der Waals surface area contributed by atoms with E-state index in [4.69, 9.17) is 4.74 Å². The summed E-state index contributed by atoms with van der Waals surface area (Å²) >= 11 is 0. The molecule has 0 radical (unpaired) electrons. The van der Waals surface area contributed by atoms with Crippen molar-refractivity contribution in [1.29, 1.82) is 0 Å². The lowest BCUT2D eigenvalue weighted by Gasteiger charge is -2.44. The third-order valence-electron chi connectivity index (χ3n) is 6.02. The summed E-state index contributed by atoms with van der Waals surface area (Å²) in [5.74, 6) is -0.470. The van der Waals surface area contributed by atoms with E-state index < -0.39 is 54.6 Å². The summed E-state index contributed by atoms with van der Waals surface area (Å²) in [6.07, 6.45) is -3.96. The van der Waals surface area contributed by atoms with Crippen molar-refractivity contribution >= 4 is 28.8 Å². The Morgan fingerprint density at radius 1 is 1.19 bits per heavy atom. The second-order valence-electron chi connectivity index (χ2n) is 9.98. The molecular weight excluding hydrogens is 474 g/mol. The summed E-state index contributed by atoms with van der Waals surface area (Å²) in [7, 11) is 0. The van der Waals surface area contributed by atoms with Gasteiger partial charge >= 0.3 is 0 Å². The zero-order valence-corrected chi connectivity index (χ0v) is 20.7. The fourth-order valence-corrected chi connectivity index (χ4v) is 4.40. The van der Waals surface area contributed by atoms with Gasteiger partial charge in [0, 0.05) is 5.41 Å². The van der Waals surface area contributed by atoms with Crippen LogP contribution in [-0.4, -0.2) is 102 Å². The minimum atomic E-state index is -1.60. The van der Waals surface area contributed by atoms with Gasteiger partial charge in [0.2, 0.25) is 11.8 Å². The number of aliphatic hydroxyl groups is 4. The number of amides is 2. The van der Waals surface area contributed by atoms with E-state index in [2.05, 4.69) is 35.9 Å². The van der Waals surface area contributed by atoms with Crippen LogP contribution in [0.2, 0.25) is 0 Å². The average Bonchev–Trinajstić information content (AvgIpc) is 3.30. The van der Waals surface area contributed by atoms with Gasteiger partial charge < -0.3 is 46.1 Å². The number of ether oxygens (including phenoxy) is 1. The van der Waals surface area contributed by atoms with Crippen molar-refractivity contribution in [3.63, 3.8) is 0 Å². The average molecular weight is 510 g/mol. The number of aliphatic hydroxyl groups excluding tert-OH is 4. The van der Waals surface area contributed by atoms with E-state index in [1.165, 1.54) is 12.7 Å². The van der Waals surface area contributed by atoms with Crippen molar-refractivity contribution in [3.8, 4) is 0 Å². The Kier molecular flexibility index (Phi) is 8.79. The first-order chi connectivity index (χ1) is 16.9. The fraction of sp³-hybridized carbons (Fsp3) is 0.682. The van der Waals surface area contributed by atoms with E-state index in [-0.39, 0.29) is 24.2 Å². The minimum absolute atomic E-state index is 0.222. The lowest BCUT2D eigenvalue weighted by molar-refractivity contribution is -0.204. The molecular formula is C22H35N7O7. The number of rotatable bonds is 10. The number of aromatic amines is 1. The molecule has 1 fully saturated rings. The number of nitrogens with zero attached hydrogens (tertiary/aromatic N) is 3. The van der Waals surface area contributed by atoms with Crippen molar-refractivity contribution in [1.82, 2.24) is 30.6 Å². The van der Waals surface area contributed by atoms with Crippen LogP contribution in [0.1, 0.15) is 34.1 Å². The van der Waals surface area contributed by atoms with Crippen LogP contribution in [0.25, 0.3) is 11.2 Å². The van der Waals surface area contributed by atoms with Gasteiger partial charge in [0.15, 0.2) is 17.7 Å². The lowest BCUT2D eigenvalue weighted by Crippen LogP contribution is -2.68. The summed E-state index contributed by atoms with van der Waals surface area (Å²) in [6, 6.07) is -1.29. The number of anilines is 1. The van der Waals surface area contributed by atoms with Gasteiger partial charge in [0.1, 0.15) is 36.3 Å². The van der Waals surface area contributed by atoms with Gasteiger partial charge in [-0.25, -0.2) is 15.0 Å². The maximum absolute atomic E-state index is 12.6. The normalized spacial score (nSPS) is 25.5. The van der Waals surface area contributed by atoms with Crippen molar-refractivity contribution in [2.24, 2.45) is 11.3 Å². The first kappa shape index (κ1) is 27.7. The molecule has 1 aliphatic heterocycles. The fourth-order valence-electron chi connectivity index (χ4n) is 4.40. The van der Waals surface area contributed by atoms with Gasteiger partial charge in [0.05, 0.1) is 25.5 Å². The molecule has 0 bridgehead atoms. The molecule has 14 heteroatoms. The van der Waals surface area contributed by atoms with Crippen LogP contribution in [0, 0.1) is 11.3 Å². The largest absolute Gasteiger partial charge is 0.394 e. The number of carbonyl (C=O) groups excluding carboxylic acids is 2. The Balaban J connectivity index is 1.69. The molecule has 8 N–H and O–H groups in total. The van der Waals surface area contributed by atoms with Gasteiger partial charge in [-0.3, -0.25) is 9.59 Å². The second-order valence-corrected chi connectivity index (χ2v) is 9.98. The van der Waals surface area contributed by atoms with E-state index in [0.29, 0.717) is 17.6 Å². The molecule has 2 aromatic heterocycles. The molecule has 0 saturated carbocycles. The van der Waals surface area contributed by atoms with E-state index >= 15 is 0 Å². The molecule has 1 saturated heterocycles. The number of carbonyl (C=O) groups is 2. The predicted octanol–water partition coefficient (Wildman–Crippen LogP) is -1.76. The molecule has 0 aromatic carbocycles. The zero-order valence-electron chi connectivity index (χ0n) is 20.7. The molecule has 3 rings (SSSR count). The predicted molar refractivity (Wildman–Crippen MR) is 127 cm³/mol. The zero-order chi connectivity index (χ0) is 26.6. The van der Waals surface area contributed by atoms with Crippen LogP contribution in [0.5, 0.6) is 0 Å². The summed E-state index contributed by atoms with van der Waals surface area (Å²) < 4.78 is 5.76. The van der Waals surface area contributed by atoms with E-state index in [1.54, 1.807) is 13.8 Å². The van der Waals surface area contributed by atoms with Gasteiger partial charge in [-0.2, -0.15) is 0 Å². The van der Waals surface area contributed by atoms with Gasteiger partial charge in [-0.15, -0.1) is 0 Å². The first-order valence-electron chi connectivity index (χ1n) is 11.7. The van der Waals surface area contributed by atoms with Crippen molar-refractivity contribution in [3.05, 3.63) is 12.7 Å². The van der Waals surface area contributed by atoms with Crippen LogP contribution < -0.4 is 16.0 Å². The first-order valence-corrected chi connectivity index (χ1v) is 11.7. The van der Waals surface area contributed by atoms with Crippen LogP contribution in [0.4, 0.5) is 5.82 Å². The van der Waals surface area contributed by atoms with E-state index in [1.807, 2.05) is 13.8 Å². The van der Waals surface area contributed by atoms with Crippen LogP contribution in [0.3, 0.4) is 0 Å². The second kappa shape index (κ2) is 11.4. The van der Waals surface area contributed by atoms with Crippen molar-refractivity contribution in [2.45, 2.75) is 70.8 Å². The lowest BCUT2D eigenvalue weighted by atomic mass is 9.83. The Morgan fingerprint density at radius 2 is 1.92 bits per heavy atom. The molecule has 3 heterocycles. The molecule has 14 nitrogen and oxygen atoms in total. The summed E-state index contributed by atoms with van der Waals surface area (Å²) in [4.78, 5) is 40.1. The highest BCUT2D eigenvalue weighted by atomic mass is 16.5. The summed E-state index contributed by atoms with van der Waals surface area (Å²) in [6.45, 7) is 6.44. The van der Waals surface area contributed by atoms with Gasteiger partial charge in [-0.05, 0) is 12.3 Å². The minimum Gasteiger partial charge on any atom is -0.394 e. The number of hydrogen-bond donors (Lipinski definition) is 8. The molecule has 200 valence electrons. The smallest absolute Gasteiger partial charge is 0.239 e. The number of H-pyrrole nitrogens is 1. The molecule has 0 aliphatic carbocycles. The molecule has 2 aromatic rings. The van der Waals surface area contributed by atoms with E-state index in [0.717, 1.165) is 0 Å². The monoisotopic (exact) mass is 509 g/mol. The highest BCUT2D eigenvalue weighted by molar-refractivity contribution is 5.87. The Bertz CT molecular complexity index is 1050. The van der Waals surface area contributed by atoms with Crippen LogP contribution in [0.15, 0.2) is 12.7 Å². The number of aromatic nitrogens is 4. The molecule has 6 unspecified atom stereocenters. The summed E-state index contributed by atoms with van der Waals surface area (Å²) in [5.41, 5.74) is 0.0934. The van der Waals surface area contributed by atoms with Crippen LogP contribution >= 0.6 is 0 Å². The Hall–Kier alpha value is -2.91. The molecule has 36 heavy (non-hydrogen) atoms. The quantitative estimate of drug-likeness (QED) is 0.179. The van der Waals surface area contributed by atoms with Gasteiger partial charge in [-0.1, -0.05) is 27.7 Å². The van der Waals surface area contributed by atoms with Crippen molar-refractivity contribution in [2.75, 3.05) is 18.5 Å². The SMILES string of the molecule is CC(C)CC(C)(C)C(=O)NCC(=O)NC1C(O)C(O)C(Nc2ncnc3nc[nH]c23)OC1C(O)CO. The number of nitrogens with one attached hydrogen (secondary N) is 4. The summed E-state index contributed by atoms with van der Waals surface area (Å²) in [5, 5.41) is 49.3. The number of hydrogen-bond acceptors (Lipinski definition) is 11. The molecule has 0 spiro atoms. The highest BCUT2D eigenvalue weighted by Crippen LogP contribution is 2.27. The third kappa shape index (κ3) is 6.25.